The predicted octanol–water partition coefficient (Wildman–Crippen LogP) is 13.5. The zero-order valence-electron chi connectivity index (χ0n) is 29.5. The molecule has 0 unspecified atom stereocenters. The highest BCUT2D eigenvalue weighted by molar-refractivity contribution is 6.29. The number of hydrogen-bond acceptors (Lipinski definition) is 3. The maximum Gasteiger partial charge on any atom is 0.164 e. The van der Waals surface area contributed by atoms with Gasteiger partial charge in [-0.2, -0.15) is 0 Å². The number of allylic oxidation sites excluding steroid dienone is 4. The van der Waals surface area contributed by atoms with Crippen LogP contribution < -0.4 is 0 Å². The van der Waals surface area contributed by atoms with Crippen molar-refractivity contribution in [3.8, 4) is 33.9 Å². The van der Waals surface area contributed by atoms with Crippen LogP contribution in [0.25, 0.3) is 104 Å². The molecule has 11 rings (SSSR count). The minimum atomic E-state index is 0.679. The second kappa shape index (κ2) is 12.3. The van der Waals surface area contributed by atoms with Gasteiger partial charge in [-0.3, -0.25) is 0 Å². The van der Waals surface area contributed by atoms with Gasteiger partial charge in [-0.15, -0.1) is 0 Å². The number of rotatable bonds is 4. The molecule has 0 fully saturated rings. The van der Waals surface area contributed by atoms with E-state index >= 15 is 0 Å². The number of benzene rings is 9. The van der Waals surface area contributed by atoms with Gasteiger partial charge in [0.05, 0.1) is 0 Å². The molecule has 1 aliphatic carbocycles. The van der Waals surface area contributed by atoms with Gasteiger partial charge in [0.1, 0.15) is 0 Å². The monoisotopic (exact) mass is 687 g/mol. The van der Waals surface area contributed by atoms with Crippen LogP contribution in [0, 0.1) is 0 Å². The highest BCUT2D eigenvalue weighted by atomic mass is 15.0. The minimum absolute atomic E-state index is 0.679. The summed E-state index contributed by atoms with van der Waals surface area (Å²) in [7, 11) is 0. The number of hydrogen-bond donors (Lipinski definition) is 0. The van der Waals surface area contributed by atoms with Crippen LogP contribution in [-0.4, -0.2) is 15.0 Å². The van der Waals surface area contributed by atoms with Gasteiger partial charge in [-0.1, -0.05) is 158 Å². The Labute approximate surface area is 312 Å². The van der Waals surface area contributed by atoms with E-state index in [4.69, 9.17) is 15.0 Å². The van der Waals surface area contributed by atoms with E-state index in [0.717, 1.165) is 51.9 Å². The topological polar surface area (TPSA) is 38.7 Å². The SMILES string of the molecule is C1=CCCC(c2nc(-c3ccccc3)nc(-c3cc(-c4ccc5c6ccccc6c6ccccc6c5c4)cc4c5ccccc5c5ccccc5c34)n2)=C1. The van der Waals surface area contributed by atoms with E-state index in [-0.39, 0.29) is 0 Å². The lowest BCUT2D eigenvalue weighted by Crippen LogP contribution is -2.04. The molecule has 54 heavy (non-hydrogen) atoms. The summed E-state index contributed by atoms with van der Waals surface area (Å²) >= 11 is 0. The molecule has 0 saturated heterocycles. The van der Waals surface area contributed by atoms with Crippen molar-refractivity contribution >= 4 is 70.2 Å². The molecule has 3 nitrogen and oxygen atoms in total. The molecular weight excluding hydrogens is 655 g/mol. The largest absolute Gasteiger partial charge is 0.209 e. The Kier molecular flexibility index (Phi) is 6.99. The Bertz CT molecular complexity index is 3180. The summed E-state index contributed by atoms with van der Waals surface area (Å²) in [6.45, 7) is 0. The van der Waals surface area contributed by atoms with Gasteiger partial charge >= 0.3 is 0 Å². The first-order valence-electron chi connectivity index (χ1n) is 18.7. The molecule has 252 valence electrons. The van der Waals surface area contributed by atoms with Crippen LogP contribution in [0.2, 0.25) is 0 Å². The lowest BCUT2D eigenvalue weighted by atomic mass is 9.87. The van der Waals surface area contributed by atoms with Crippen molar-refractivity contribution < 1.29 is 0 Å². The number of nitrogens with zero attached hydrogens (tertiary/aromatic N) is 3. The lowest BCUT2D eigenvalue weighted by Gasteiger charge is -2.18. The number of fused-ring (bicyclic) bond motifs is 12. The van der Waals surface area contributed by atoms with E-state index in [2.05, 4.69) is 158 Å². The molecular formula is C51H33N3. The van der Waals surface area contributed by atoms with Gasteiger partial charge in [0.25, 0.3) is 0 Å². The molecule has 0 N–H and O–H groups in total. The summed E-state index contributed by atoms with van der Waals surface area (Å²) in [4.78, 5) is 15.7. The van der Waals surface area contributed by atoms with Crippen molar-refractivity contribution in [2.45, 2.75) is 12.8 Å². The van der Waals surface area contributed by atoms with E-state index < -0.39 is 0 Å². The Morgan fingerprint density at radius 2 is 0.852 bits per heavy atom. The van der Waals surface area contributed by atoms with Crippen LogP contribution in [0.1, 0.15) is 18.7 Å². The average Bonchev–Trinajstić information content (AvgIpc) is 3.26. The van der Waals surface area contributed by atoms with Gasteiger partial charge in [-0.05, 0) is 107 Å². The quantitative estimate of drug-likeness (QED) is 0.173. The Hall–Kier alpha value is -6.97. The first-order valence-corrected chi connectivity index (χ1v) is 18.7. The predicted molar refractivity (Wildman–Crippen MR) is 228 cm³/mol. The molecule has 1 heterocycles. The standard InChI is InChI=1S/C51H33N3/c1-3-15-32(16-4-1)49-52-50(33-17-5-2-6-18-33)54-51(53-49)47-31-35(30-46-42-25-12-10-22-39(42)40-23-13-14-26-44(40)48(46)47)34-27-28-43-38-21-8-7-19-36(38)37-20-9-11-24-41(37)45(43)29-34/h1-5,7-17,19-31H,6,18H2. The molecule has 0 aliphatic heterocycles. The first-order chi connectivity index (χ1) is 26.8. The Morgan fingerprint density at radius 1 is 0.352 bits per heavy atom. The van der Waals surface area contributed by atoms with Gasteiger partial charge < -0.3 is 0 Å². The normalized spacial score (nSPS) is 13.1. The maximum absolute atomic E-state index is 5.33. The van der Waals surface area contributed by atoms with Crippen LogP contribution in [-0.2, 0) is 0 Å². The van der Waals surface area contributed by atoms with Crippen molar-refractivity contribution in [2.24, 2.45) is 0 Å². The van der Waals surface area contributed by atoms with Crippen LogP contribution in [0.15, 0.2) is 176 Å². The Morgan fingerprint density at radius 3 is 1.48 bits per heavy atom. The molecule has 0 amide bonds. The van der Waals surface area contributed by atoms with Crippen molar-refractivity contribution in [3.63, 3.8) is 0 Å². The zero-order valence-corrected chi connectivity index (χ0v) is 29.5. The highest BCUT2D eigenvalue weighted by Gasteiger charge is 2.20. The van der Waals surface area contributed by atoms with Crippen molar-refractivity contribution in [3.05, 3.63) is 182 Å². The number of aromatic nitrogens is 3. The molecule has 0 spiro atoms. The lowest BCUT2D eigenvalue weighted by molar-refractivity contribution is 0.979. The molecule has 10 aromatic rings. The summed E-state index contributed by atoms with van der Waals surface area (Å²) < 4.78 is 0. The third kappa shape index (κ3) is 4.86. The fourth-order valence-electron chi connectivity index (χ4n) is 8.61. The second-order valence-electron chi connectivity index (χ2n) is 14.2. The summed E-state index contributed by atoms with van der Waals surface area (Å²) in [5.74, 6) is 2.09. The minimum Gasteiger partial charge on any atom is -0.209 e. The smallest absolute Gasteiger partial charge is 0.164 e. The van der Waals surface area contributed by atoms with Gasteiger partial charge in [0.15, 0.2) is 17.5 Å². The molecule has 1 aromatic heterocycles. The van der Waals surface area contributed by atoms with Gasteiger partial charge in [0.2, 0.25) is 0 Å². The van der Waals surface area contributed by atoms with E-state index in [9.17, 15) is 0 Å². The molecule has 1 aliphatic rings. The molecule has 0 atom stereocenters. The average molecular weight is 688 g/mol. The summed E-state index contributed by atoms with van der Waals surface area (Å²) in [6, 6.07) is 57.0. The van der Waals surface area contributed by atoms with Crippen LogP contribution in [0.3, 0.4) is 0 Å². The molecule has 0 radical (unpaired) electrons. The summed E-state index contributed by atoms with van der Waals surface area (Å²) in [6.07, 6.45) is 8.33. The van der Waals surface area contributed by atoms with Crippen molar-refractivity contribution in [2.75, 3.05) is 0 Å². The molecule has 3 heteroatoms. The van der Waals surface area contributed by atoms with Crippen LogP contribution >= 0.6 is 0 Å². The molecule has 0 saturated carbocycles. The van der Waals surface area contributed by atoms with Crippen molar-refractivity contribution in [1.29, 1.82) is 0 Å². The highest BCUT2D eigenvalue weighted by Crippen LogP contribution is 2.44. The molecule has 0 bridgehead atoms. The first kappa shape index (κ1) is 30.6. The Balaban J connectivity index is 1.26. The van der Waals surface area contributed by atoms with E-state index in [1.807, 2.05) is 18.2 Å². The van der Waals surface area contributed by atoms with Crippen LogP contribution in [0.5, 0.6) is 0 Å². The van der Waals surface area contributed by atoms with Crippen molar-refractivity contribution in [1.82, 2.24) is 15.0 Å². The molecule has 9 aromatic carbocycles. The van der Waals surface area contributed by atoms with E-state index in [1.54, 1.807) is 0 Å². The fraction of sp³-hybridized carbons (Fsp3) is 0.0392. The third-order valence-corrected chi connectivity index (χ3v) is 11.1. The second-order valence-corrected chi connectivity index (χ2v) is 14.2. The summed E-state index contributed by atoms with van der Waals surface area (Å²) in [5, 5.41) is 14.8. The zero-order chi connectivity index (χ0) is 35.6. The van der Waals surface area contributed by atoms with Gasteiger partial charge in [0, 0.05) is 16.5 Å². The summed E-state index contributed by atoms with van der Waals surface area (Å²) in [5.41, 5.74) is 5.38. The van der Waals surface area contributed by atoms with E-state index in [1.165, 1.54) is 59.2 Å². The van der Waals surface area contributed by atoms with Gasteiger partial charge in [-0.25, -0.2) is 15.0 Å². The van der Waals surface area contributed by atoms with E-state index in [0.29, 0.717) is 11.6 Å². The fourth-order valence-corrected chi connectivity index (χ4v) is 8.61. The maximum atomic E-state index is 5.33. The third-order valence-electron chi connectivity index (χ3n) is 11.1. The van der Waals surface area contributed by atoms with Crippen LogP contribution in [0.4, 0.5) is 0 Å².